The molecule has 0 unspecified atom stereocenters. The van der Waals surface area contributed by atoms with E-state index in [2.05, 4.69) is 0 Å². The van der Waals surface area contributed by atoms with Crippen LogP contribution < -0.4 is 0 Å². The van der Waals surface area contributed by atoms with Gasteiger partial charge < -0.3 is 14.9 Å². The topological polar surface area (TPSA) is 66.8 Å². The van der Waals surface area contributed by atoms with E-state index in [0.717, 1.165) is 16.7 Å². The van der Waals surface area contributed by atoms with Gasteiger partial charge >= 0.3 is 5.97 Å². The van der Waals surface area contributed by atoms with Gasteiger partial charge in [-0.2, -0.15) is 0 Å². The molecule has 3 aromatic carbocycles. The van der Waals surface area contributed by atoms with Crippen molar-refractivity contribution in [2.75, 3.05) is 7.11 Å². The molecule has 0 aromatic heterocycles. The van der Waals surface area contributed by atoms with Gasteiger partial charge in [-0.25, -0.2) is 4.79 Å². The quantitative estimate of drug-likeness (QED) is 0.558. The first-order chi connectivity index (χ1) is 12.1. The van der Waals surface area contributed by atoms with E-state index in [1.807, 2.05) is 36.4 Å². The Balaban J connectivity index is 2.20. The highest BCUT2D eigenvalue weighted by atomic mass is 16.5. The van der Waals surface area contributed by atoms with Crippen LogP contribution in [0, 0.1) is 0 Å². The van der Waals surface area contributed by atoms with Gasteiger partial charge in [0, 0.05) is 5.92 Å². The van der Waals surface area contributed by atoms with Crippen molar-refractivity contribution >= 4 is 5.97 Å². The van der Waals surface area contributed by atoms with E-state index in [9.17, 15) is 15.0 Å². The third-order valence-electron chi connectivity index (χ3n) is 4.13. The van der Waals surface area contributed by atoms with Gasteiger partial charge in [-0.05, 0) is 47.0 Å². The fraction of sp³-hybridized carbons (Fsp3) is 0.0952. The summed E-state index contributed by atoms with van der Waals surface area (Å²) in [5.74, 6) is -0.293. The van der Waals surface area contributed by atoms with E-state index in [1.165, 1.54) is 7.11 Å². The molecule has 4 heteroatoms. The van der Waals surface area contributed by atoms with Crippen molar-refractivity contribution in [3.8, 4) is 11.5 Å². The van der Waals surface area contributed by atoms with Crippen LogP contribution in [-0.4, -0.2) is 23.3 Å². The average Bonchev–Trinajstić information content (AvgIpc) is 2.65. The number of carbonyl (C=O) groups excluding carboxylic acids is 1. The lowest BCUT2D eigenvalue weighted by Crippen LogP contribution is -2.11. The predicted octanol–water partition coefficient (Wildman–Crippen LogP) is 4.06. The molecule has 0 heterocycles. The van der Waals surface area contributed by atoms with Crippen molar-refractivity contribution in [1.82, 2.24) is 0 Å². The van der Waals surface area contributed by atoms with Gasteiger partial charge in [-0.1, -0.05) is 42.5 Å². The zero-order valence-corrected chi connectivity index (χ0v) is 13.7. The summed E-state index contributed by atoms with van der Waals surface area (Å²) in [4.78, 5) is 12.2. The van der Waals surface area contributed by atoms with Crippen molar-refractivity contribution in [3.05, 3.63) is 95.1 Å². The fourth-order valence-corrected chi connectivity index (χ4v) is 2.93. The van der Waals surface area contributed by atoms with Crippen LogP contribution >= 0.6 is 0 Å². The number of methoxy groups -OCH3 is 1. The second-order valence-corrected chi connectivity index (χ2v) is 5.69. The largest absolute Gasteiger partial charge is 0.508 e. The van der Waals surface area contributed by atoms with Crippen LogP contribution in [0.15, 0.2) is 72.8 Å². The molecule has 2 N–H and O–H groups in total. The molecule has 25 heavy (non-hydrogen) atoms. The number of rotatable bonds is 4. The minimum atomic E-state index is -0.404. The van der Waals surface area contributed by atoms with E-state index in [0.29, 0.717) is 5.56 Å². The third kappa shape index (κ3) is 3.48. The Labute approximate surface area is 146 Å². The Morgan fingerprint density at radius 1 is 0.800 bits per heavy atom. The van der Waals surface area contributed by atoms with Crippen LogP contribution in [0.2, 0.25) is 0 Å². The van der Waals surface area contributed by atoms with Gasteiger partial charge in [0.2, 0.25) is 0 Å². The molecule has 0 radical (unpaired) electrons. The number of carbonyl (C=O) groups is 1. The summed E-state index contributed by atoms with van der Waals surface area (Å²) in [6, 6.07) is 21.0. The van der Waals surface area contributed by atoms with E-state index >= 15 is 0 Å². The molecule has 3 aromatic rings. The first-order valence-electron chi connectivity index (χ1n) is 7.85. The summed E-state index contributed by atoms with van der Waals surface area (Å²) < 4.78 is 4.92. The summed E-state index contributed by atoms with van der Waals surface area (Å²) in [6.07, 6.45) is 0. The van der Waals surface area contributed by atoms with Gasteiger partial charge in [0.25, 0.3) is 0 Å². The highest BCUT2D eigenvalue weighted by Crippen LogP contribution is 2.35. The smallest absolute Gasteiger partial charge is 0.338 e. The molecule has 0 spiro atoms. The van der Waals surface area contributed by atoms with Gasteiger partial charge in [-0.3, -0.25) is 0 Å². The number of phenolic OH excluding ortho intramolecular Hbond substituents is 2. The molecule has 126 valence electrons. The predicted molar refractivity (Wildman–Crippen MR) is 94.9 cm³/mol. The fourth-order valence-electron chi connectivity index (χ4n) is 2.93. The number of phenols is 2. The molecule has 0 aliphatic rings. The SMILES string of the molecule is COC(=O)c1ccccc1C(c1ccc(O)cc1)c1ccc(O)cc1. The van der Waals surface area contributed by atoms with Crippen LogP contribution in [0.1, 0.15) is 33.0 Å². The normalized spacial score (nSPS) is 10.6. The van der Waals surface area contributed by atoms with Crippen molar-refractivity contribution in [2.45, 2.75) is 5.92 Å². The van der Waals surface area contributed by atoms with E-state index in [4.69, 9.17) is 4.74 Å². The maximum atomic E-state index is 12.2. The number of ether oxygens (including phenoxy) is 1. The number of benzene rings is 3. The number of hydrogen-bond acceptors (Lipinski definition) is 4. The highest BCUT2D eigenvalue weighted by Gasteiger charge is 2.23. The molecule has 0 aliphatic carbocycles. The van der Waals surface area contributed by atoms with Gasteiger partial charge in [-0.15, -0.1) is 0 Å². The zero-order valence-electron chi connectivity index (χ0n) is 13.7. The monoisotopic (exact) mass is 334 g/mol. The van der Waals surface area contributed by atoms with Crippen molar-refractivity contribution in [2.24, 2.45) is 0 Å². The van der Waals surface area contributed by atoms with Crippen LogP contribution in [0.5, 0.6) is 11.5 Å². The lowest BCUT2D eigenvalue weighted by Gasteiger charge is -2.21. The molecule has 0 atom stereocenters. The Bertz CT molecular complexity index is 822. The molecular formula is C21H18O4. The Kier molecular flexibility index (Phi) is 4.70. The summed E-state index contributed by atoms with van der Waals surface area (Å²) >= 11 is 0. The average molecular weight is 334 g/mol. The molecule has 3 rings (SSSR count). The second-order valence-electron chi connectivity index (χ2n) is 5.69. The van der Waals surface area contributed by atoms with Crippen molar-refractivity contribution in [3.63, 3.8) is 0 Å². The summed E-state index contributed by atoms with van der Waals surface area (Å²) in [7, 11) is 1.36. The van der Waals surface area contributed by atoms with Crippen molar-refractivity contribution < 1.29 is 19.7 Å². The highest BCUT2D eigenvalue weighted by molar-refractivity contribution is 5.91. The molecular weight excluding hydrogens is 316 g/mol. The Hall–Kier alpha value is -3.27. The summed E-state index contributed by atoms with van der Waals surface area (Å²) in [6.45, 7) is 0. The van der Waals surface area contributed by atoms with Gasteiger partial charge in [0.15, 0.2) is 0 Å². The van der Waals surface area contributed by atoms with E-state index in [-0.39, 0.29) is 17.4 Å². The standard InChI is InChI=1S/C21H18O4/c1-25-21(24)19-5-3-2-4-18(19)20(14-6-10-16(22)11-7-14)15-8-12-17(23)13-9-15/h2-13,20,22-23H,1H3. The van der Waals surface area contributed by atoms with Crippen LogP contribution in [0.3, 0.4) is 0 Å². The zero-order chi connectivity index (χ0) is 17.8. The van der Waals surface area contributed by atoms with Gasteiger partial charge in [0.05, 0.1) is 12.7 Å². The Morgan fingerprint density at radius 3 is 1.76 bits per heavy atom. The molecule has 4 nitrogen and oxygen atoms in total. The molecule has 0 aliphatic heterocycles. The maximum Gasteiger partial charge on any atom is 0.338 e. The van der Waals surface area contributed by atoms with E-state index in [1.54, 1.807) is 36.4 Å². The molecule has 0 saturated heterocycles. The number of hydrogen-bond donors (Lipinski definition) is 2. The van der Waals surface area contributed by atoms with Crippen LogP contribution in [0.4, 0.5) is 0 Å². The first-order valence-corrected chi connectivity index (χ1v) is 7.85. The minimum Gasteiger partial charge on any atom is -0.508 e. The lowest BCUT2D eigenvalue weighted by molar-refractivity contribution is 0.0599. The lowest BCUT2D eigenvalue weighted by atomic mass is 9.83. The van der Waals surface area contributed by atoms with Crippen molar-refractivity contribution in [1.29, 1.82) is 0 Å². The molecule has 0 saturated carbocycles. The third-order valence-corrected chi connectivity index (χ3v) is 4.13. The Morgan fingerprint density at radius 2 is 1.28 bits per heavy atom. The molecule has 0 amide bonds. The molecule has 0 bridgehead atoms. The number of aromatic hydroxyl groups is 2. The summed E-state index contributed by atoms with van der Waals surface area (Å²) in [5.41, 5.74) is 3.11. The minimum absolute atomic E-state index is 0.175. The second kappa shape index (κ2) is 7.09. The summed E-state index contributed by atoms with van der Waals surface area (Å²) in [5, 5.41) is 19.2. The van der Waals surface area contributed by atoms with Crippen LogP contribution in [-0.2, 0) is 4.74 Å². The van der Waals surface area contributed by atoms with Gasteiger partial charge in [0.1, 0.15) is 11.5 Å². The maximum absolute atomic E-state index is 12.2. The van der Waals surface area contributed by atoms with E-state index < -0.39 is 5.97 Å². The van der Waals surface area contributed by atoms with Crippen LogP contribution in [0.25, 0.3) is 0 Å². The first kappa shape index (κ1) is 16.6. The molecule has 0 fully saturated rings. The number of esters is 1.